The molecule has 1 amide bonds. The lowest BCUT2D eigenvalue weighted by Crippen LogP contribution is -2.21. The van der Waals surface area contributed by atoms with Gasteiger partial charge in [0.2, 0.25) is 5.55 Å². The Morgan fingerprint density at radius 2 is 2.00 bits per heavy atom. The van der Waals surface area contributed by atoms with E-state index in [0.717, 1.165) is 16.6 Å². The third-order valence-corrected chi connectivity index (χ3v) is 4.92. The fraction of sp³-hybridized carbons (Fsp3) is 0. The number of hydrogen-bond acceptors (Lipinski definition) is 5. The van der Waals surface area contributed by atoms with E-state index in [1.54, 1.807) is 35.8 Å². The minimum Gasteiger partial charge on any atom is -0.438 e. The number of amides is 1. The van der Waals surface area contributed by atoms with Crippen LogP contribution in [0.5, 0.6) is 0 Å². The number of nitrogens with zero attached hydrogens (tertiary/aromatic N) is 2. The number of halogens is 3. The van der Waals surface area contributed by atoms with Crippen LogP contribution in [0, 0.1) is 11.6 Å². The maximum absolute atomic E-state index is 13.5. The van der Waals surface area contributed by atoms with Gasteiger partial charge in [-0.05, 0) is 36.4 Å². The van der Waals surface area contributed by atoms with Crippen molar-refractivity contribution in [2.24, 2.45) is 4.99 Å². The summed E-state index contributed by atoms with van der Waals surface area (Å²) in [5.41, 5.74) is 0.693. The zero-order valence-corrected chi connectivity index (χ0v) is 16.4. The molecule has 0 aliphatic carbocycles. The van der Waals surface area contributed by atoms with Crippen LogP contribution in [0.25, 0.3) is 11.0 Å². The molecule has 28 heavy (non-hydrogen) atoms. The molecule has 0 radical (unpaired) electrons. The number of benzene rings is 2. The summed E-state index contributed by atoms with van der Waals surface area (Å²) in [5, 5.41) is 5.48. The molecule has 0 atom stereocenters. The van der Waals surface area contributed by atoms with Crippen molar-refractivity contribution in [3.63, 3.8) is 0 Å². The Labute approximate surface area is 169 Å². The molecule has 2 aromatic heterocycles. The largest absolute Gasteiger partial charge is 0.438 e. The summed E-state index contributed by atoms with van der Waals surface area (Å²) >= 11 is 4.64. The smallest absolute Gasteiger partial charge is 0.262 e. The van der Waals surface area contributed by atoms with Gasteiger partial charge in [-0.1, -0.05) is 15.9 Å². The molecule has 4 rings (SSSR count). The number of rotatable bonds is 3. The van der Waals surface area contributed by atoms with Gasteiger partial charge in [-0.15, -0.1) is 11.3 Å². The fourth-order valence-corrected chi connectivity index (χ4v) is 3.37. The highest BCUT2D eigenvalue weighted by molar-refractivity contribution is 9.10. The second-order valence-electron chi connectivity index (χ2n) is 5.65. The Bertz CT molecular complexity index is 1260. The molecule has 4 aromatic rings. The highest BCUT2D eigenvalue weighted by Crippen LogP contribution is 2.21. The molecule has 0 aliphatic heterocycles. The Morgan fingerprint density at radius 1 is 1.14 bits per heavy atom. The first-order valence-corrected chi connectivity index (χ1v) is 9.61. The van der Waals surface area contributed by atoms with Gasteiger partial charge in [0.25, 0.3) is 5.91 Å². The minimum absolute atomic E-state index is 0.0325. The van der Waals surface area contributed by atoms with Crippen molar-refractivity contribution in [1.82, 2.24) is 4.98 Å². The van der Waals surface area contributed by atoms with Crippen molar-refractivity contribution in [1.29, 1.82) is 0 Å². The normalized spacial score (nSPS) is 11.8. The molecule has 1 N–H and O–H groups in total. The predicted molar refractivity (Wildman–Crippen MR) is 106 cm³/mol. The van der Waals surface area contributed by atoms with Crippen molar-refractivity contribution >= 4 is 55.0 Å². The number of hydrogen-bond donors (Lipinski definition) is 1. The number of carbonyl (C=O) groups excluding carboxylic acids is 1. The number of thiazole rings is 1. The standard InChI is InChI=1S/C19H10BrF2N3O2S/c20-11-1-4-16-10(7-11)8-13(17(26)25-19-23-5-6-28-19)18(27-16)24-12-2-3-14(21)15(22)9-12/h1-9H,(H,23,25,26). The number of nitrogens with one attached hydrogen (secondary N) is 1. The molecule has 9 heteroatoms. The molecule has 2 aromatic carbocycles. The molecule has 5 nitrogen and oxygen atoms in total. The molecule has 0 spiro atoms. The lowest BCUT2D eigenvalue weighted by atomic mass is 10.1. The third-order valence-electron chi connectivity index (χ3n) is 3.74. The van der Waals surface area contributed by atoms with Crippen LogP contribution in [-0.4, -0.2) is 10.9 Å². The van der Waals surface area contributed by atoms with Gasteiger partial charge in [0.1, 0.15) is 11.1 Å². The van der Waals surface area contributed by atoms with Crippen molar-refractivity contribution in [3.8, 4) is 0 Å². The van der Waals surface area contributed by atoms with Crippen LogP contribution in [0.15, 0.2) is 67.9 Å². The summed E-state index contributed by atoms with van der Waals surface area (Å²) in [5.74, 6) is -2.51. The summed E-state index contributed by atoms with van der Waals surface area (Å²) < 4.78 is 33.3. The summed E-state index contributed by atoms with van der Waals surface area (Å²) in [6.45, 7) is 0. The number of fused-ring (bicyclic) bond motifs is 1. The lowest BCUT2D eigenvalue weighted by Gasteiger charge is -2.05. The first kappa shape index (κ1) is 18.5. The number of anilines is 1. The van der Waals surface area contributed by atoms with E-state index in [2.05, 4.69) is 31.2 Å². The Kier molecular flexibility index (Phi) is 5.01. The highest BCUT2D eigenvalue weighted by atomic mass is 79.9. The van der Waals surface area contributed by atoms with E-state index < -0.39 is 17.5 Å². The second kappa shape index (κ2) is 7.61. The monoisotopic (exact) mass is 461 g/mol. The van der Waals surface area contributed by atoms with E-state index in [1.165, 1.54) is 17.4 Å². The average Bonchev–Trinajstić information content (AvgIpc) is 3.17. The molecule has 0 aliphatic rings. The van der Waals surface area contributed by atoms with Gasteiger partial charge in [0, 0.05) is 27.5 Å². The van der Waals surface area contributed by atoms with E-state index in [4.69, 9.17) is 4.42 Å². The van der Waals surface area contributed by atoms with Crippen molar-refractivity contribution in [2.75, 3.05) is 5.32 Å². The fourth-order valence-electron chi connectivity index (χ4n) is 2.47. The topological polar surface area (TPSA) is 67.5 Å². The van der Waals surface area contributed by atoms with Gasteiger partial charge < -0.3 is 4.42 Å². The van der Waals surface area contributed by atoms with E-state index in [0.29, 0.717) is 16.1 Å². The summed E-state index contributed by atoms with van der Waals surface area (Å²) in [6.07, 6.45) is 1.56. The summed E-state index contributed by atoms with van der Waals surface area (Å²) in [6, 6.07) is 10.1. The summed E-state index contributed by atoms with van der Waals surface area (Å²) in [4.78, 5) is 21.0. The van der Waals surface area contributed by atoms with Crippen LogP contribution in [0.1, 0.15) is 10.4 Å². The third kappa shape index (κ3) is 3.85. The van der Waals surface area contributed by atoms with Crippen LogP contribution >= 0.6 is 27.3 Å². The van der Waals surface area contributed by atoms with E-state index in [-0.39, 0.29) is 16.8 Å². The zero-order chi connectivity index (χ0) is 19.7. The maximum atomic E-state index is 13.5. The van der Waals surface area contributed by atoms with Crippen LogP contribution in [0.2, 0.25) is 0 Å². The molecule has 0 unspecified atom stereocenters. The number of carbonyl (C=O) groups is 1. The first-order chi connectivity index (χ1) is 13.5. The predicted octanol–water partition coefficient (Wildman–Crippen LogP) is 5.41. The van der Waals surface area contributed by atoms with Crippen LogP contribution in [0.4, 0.5) is 19.6 Å². The second-order valence-corrected chi connectivity index (χ2v) is 7.46. The molecular weight excluding hydrogens is 452 g/mol. The van der Waals surface area contributed by atoms with Gasteiger partial charge >= 0.3 is 0 Å². The molecule has 0 fully saturated rings. The first-order valence-electron chi connectivity index (χ1n) is 7.93. The van der Waals surface area contributed by atoms with Crippen molar-refractivity contribution in [3.05, 3.63) is 81.3 Å². The minimum atomic E-state index is -1.04. The van der Waals surface area contributed by atoms with E-state index in [1.807, 2.05) is 0 Å². The van der Waals surface area contributed by atoms with Crippen LogP contribution in [-0.2, 0) is 0 Å². The van der Waals surface area contributed by atoms with Gasteiger partial charge in [-0.25, -0.2) is 18.8 Å². The Balaban J connectivity index is 1.89. The summed E-state index contributed by atoms with van der Waals surface area (Å²) in [7, 11) is 0. The lowest BCUT2D eigenvalue weighted by molar-refractivity contribution is 0.102. The van der Waals surface area contributed by atoms with Crippen LogP contribution < -0.4 is 10.9 Å². The molecular formula is C19H10BrF2N3O2S. The van der Waals surface area contributed by atoms with Gasteiger partial charge in [0.15, 0.2) is 16.8 Å². The quantitative estimate of drug-likeness (QED) is 0.443. The SMILES string of the molecule is O=C(Nc1nccs1)c1cc2cc(Br)ccc2oc1=Nc1ccc(F)c(F)c1. The molecule has 0 saturated carbocycles. The van der Waals surface area contributed by atoms with E-state index in [9.17, 15) is 13.6 Å². The van der Waals surface area contributed by atoms with Gasteiger partial charge in [0.05, 0.1) is 5.69 Å². The van der Waals surface area contributed by atoms with Gasteiger partial charge in [-0.2, -0.15) is 0 Å². The maximum Gasteiger partial charge on any atom is 0.262 e. The Morgan fingerprint density at radius 3 is 2.75 bits per heavy atom. The highest BCUT2D eigenvalue weighted by Gasteiger charge is 2.15. The van der Waals surface area contributed by atoms with E-state index >= 15 is 0 Å². The average molecular weight is 462 g/mol. The molecule has 0 bridgehead atoms. The zero-order valence-electron chi connectivity index (χ0n) is 13.9. The number of aromatic nitrogens is 1. The molecule has 0 saturated heterocycles. The van der Waals surface area contributed by atoms with Crippen molar-refractivity contribution < 1.29 is 18.0 Å². The molecule has 140 valence electrons. The molecule has 2 heterocycles. The Hall–Kier alpha value is -2.91. The van der Waals surface area contributed by atoms with Crippen molar-refractivity contribution in [2.45, 2.75) is 0 Å². The van der Waals surface area contributed by atoms with Gasteiger partial charge in [-0.3, -0.25) is 10.1 Å². The van der Waals surface area contributed by atoms with Crippen LogP contribution in [0.3, 0.4) is 0 Å².